The molecule has 0 bridgehead atoms. The Morgan fingerprint density at radius 1 is 0.871 bits per heavy atom. The van der Waals surface area contributed by atoms with Crippen molar-refractivity contribution in [1.29, 1.82) is 0 Å². The zero-order valence-corrected chi connectivity index (χ0v) is 18.3. The highest BCUT2D eigenvalue weighted by Crippen LogP contribution is 2.33. The molecule has 0 aromatic heterocycles. The maximum Gasteiger partial charge on any atom is 0.338 e. The Balaban J connectivity index is 1.77. The molecule has 1 saturated heterocycles. The van der Waals surface area contributed by atoms with Crippen molar-refractivity contribution < 1.29 is 14.3 Å². The number of ether oxygens (including phenoxy) is 1. The van der Waals surface area contributed by atoms with Gasteiger partial charge in [-0.3, -0.25) is 4.79 Å². The van der Waals surface area contributed by atoms with E-state index < -0.39 is 0 Å². The van der Waals surface area contributed by atoms with Gasteiger partial charge in [-0.05, 0) is 73.9 Å². The SMILES string of the molecule is COC(=O)c1cccc(Nc2ccc(C(=O)N3CCCCC3)c3c(C)cccc23)c1C. The molecule has 160 valence electrons. The fraction of sp³-hybridized carbons (Fsp3) is 0.308. The van der Waals surface area contributed by atoms with Gasteiger partial charge in [0.2, 0.25) is 0 Å². The van der Waals surface area contributed by atoms with Gasteiger partial charge in [0.15, 0.2) is 0 Å². The summed E-state index contributed by atoms with van der Waals surface area (Å²) in [5.74, 6) is -0.251. The number of nitrogens with one attached hydrogen (secondary N) is 1. The molecule has 0 aliphatic carbocycles. The van der Waals surface area contributed by atoms with Gasteiger partial charge in [-0.25, -0.2) is 4.79 Å². The molecule has 4 rings (SSSR count). The first-order chi connectivity index (χ1) is 15.0. The summed E-state index contributed by atoms with van der Waals surface area (Å²) in [5.41, 5.74) is 4.91. The second kappa shape index (κ2) is 8.80. The largest absolute Gasteiger partial charge is 0.465 e. The van der Waals surface area contributed by atoms with Crippen LogP contribution in [0, 0.1) is 13.8 Å². The number of anilines is 2. The number of carbonyl (C=O) groups is 2. The van der Waals surface area contributed by atoms with Gasteiger partial charge >= 0.3 is 5.97 Å². The van der Waals surface area contributed by atoms with Gasteiger partial charge in [-0.15, -0.1) is 0 Å². The molecule has 1 N–H and O–H groups in total. The number of rotatable bonds is 4. The standard InChI is InChI=1S/C26H28N2O3/c1-17-9-7-11-20-23(27-22-12-8-10-19(18(22)2)26(30)31-3)14-13-21(24(17)20)25(29)28-15-5-4-6-16-28/h7-14,27H,4-6,15-16H2,1-3H3. The minimum Gasteiger partial charge on any atom is -0.465 e. The molecular formula is C26H28N2O3. The normalized spacial score (nSPS) is 13.8. The maximum absolute atomic E-state index is 13.3. The Morgan fingerprint density at radius 3 is 2.35 bits per heavy atom. The molecule has 0 unspecified atom stereocenters. The minimum atomic E-state index is -0.357. The Hall–Kier alpha value is -3.34. The van der Waals surface area contributed by atoms with Crippen molar-refractivity contribution in [2.24, 2.45) is 0 Å². The van der Waals surface area contributed by atoms with Crippen LogP contribution in [-0.4, -0.2) is 37.0 Å². The summed E-state index contributed by atoms with van der Waals surface area (Å²) in [4.78, 5) is 27.3. The molecule has 1 amide bonds. The summed E-state index contributed by atoms with van der Waals surface area (Å²) in [6.07, 6.45) is 3.33. The summed E-state index contributed by atoms with van der Waals surface area (Å²) in [6, 6.07) is 15.5. The summed E-state index contributed by atoms with van der Waals surface area (Å²) in [7, 11) is 1.39. The number of fused-ring (bicyclic) bond motifs is 1. The van der Waals surface area contributed by atoms with E-state index in [2.05, 4.69) is 5.32 Å². The van der Waals surface area contributed by atoms with Gasteiger partial charge in [0.25, 0.3) is 5.91 Å². The van der Waals surface area contributed by atoms with Gasteiger partial charge in [0, 0.05) is 35.4 Å². The Kier molecular flexibility index (Phi) is 5.94. The van der Waals surface area contributed by atoms with E-state index in [1.807, 2.05) is 61.2 Å². The van der Waals surface area contributed by atoms with Gasteiger partial charge in [-0.2, -0.15) is 0 Å². The highest BCUT2D eigenvalue weighted by atomic mass is 16.5. The van der Waals surface area contributed by atoms with E-state index in [4.69, 9.17) is 4.74 Å². The van der Waals surface area contributed by atoms with Crippen LogP contribution in [0.3, 0.4) is 0 Å². The summed E-state index contributed by atoms with van der Waals surface area (Å²) in [6.45, 7) is 5.59. The van der Waals surface area contributed by atoms with Crippen LogP contribution in [-0.2, 0) is 4.74 Å². The number of aryl methyl sites for hydroxylation is 1. The topological polar surface area (TPSA) is 58.6 Å². The lowest BCUT2D eigenvalue weighted by Gasteiger charge is -2.27. The zero-order chi connectivity index (χ0) is 22.0. The first kappa shape index (κ1) is 20.9. The Labute approximate surface area is 183 Å². The zero-order valence-electron chi connectivity index (χ0n) is 18.3. The van der Waals surface area contributed by atoms with Gasteiger partial charge in [-0.1, -0.05) is 24.3 Å². The molecule has 5 heteroatoms. The first-order valence-electron chi connectivity index (χ1n) is 10.8. The first-order valence-corrected chi connectivity index (χ1v) is 10.8. The molecule has 0 spiro atoms. The molecule has 1 aliphatic heterocycles. The van der Waals surface area contributed by atoms with Crippen LogP contribution in [0.5, 0.6) is 0 Å². The van der Waals surface area contributed by atoms with Gasteiger partial charge < -0.3 is 15.0 Å². The third kappa shape index (κ3) is 4.00. The number of hydrogen-bond acceptors (Lipinski definition) is 4. The third-order valence-electron chi connectivity index (χ3n) is 6.13. The molecule has 0 radical (unpaired) electrons. The molecule has 31 heavy (non-hydrogen) atoms. The highest BCUT2D eigenvalue weighted by Gasteiger charge is 2.22. The van der Waals surface area contributed by atoms with Crippen molar-refractivity contribution in [3.63, 3.8) is 0 Å². The number of hydrogen-bond donors (Lipinski definition) is 1. The fourth-order valence-electron chi connectivity index (χ4n) is 4.39. The van der Waals surface area contributed by atoms with Gasteiger partial charge in [0.1, 0.15) is 0 Å². The summed E-state index contributed by atoms with van der Waals surface area (Å²) in [5, 5.41) is 5.44. The minimum absolute atomic E-state index is 0.106. The van der Waals surface area contributed by atoms with Crippen LogP contribution in [0.2, 0.25) is 0 Å². The van der Waals surface area contributed by atoms with E-state index in [-0.39, 0.29) is 11.9 Å². The van der Waals surface area contributed by atoms with Crippen molar-refractivity contribution >= 4 is 34.0 Å². The lowest BCUT2D eigenvalue weighted by molar-refractivity contribution is 0.0599. The van der Waals surface area contributed by atoms with E-state index in [0.717, 1.165) is 64.8 Å². The van der Waals surface area contributed by atoms with Crippen LogP contribution in [0.1, 0.15) is 51.1 Å². The number of methoxy groups -OCH3 is 1. The molecule has 3 aromatic carbocycles. The second-order valence-electron chi connectivity index (χ2n) is 8.11. The van der Waals surface area contributed by atoms with E-state index in [0.29, 0.717) is 5.56 Å². The third-order valence-corrected chi connectivity index (χ3v) is 6.13. The van der Waals surface area contributed by atoms with E-state index in [1.54, 1.807) is 6.07 Å². The quantitative estimate of drug-likeness (QED) is 0.562. The van der Waals surface area contributed by atoms with E-state index in [1.165, 1.54) is 13.5 Å². The van der Waals surface area contributed by atoms with Crippen molar-refractivity contribution in [2.45, 2.75) is 33.1 Å². The molecule has 0 atom stereocenters. The van der Waals surface area contributed by atoms with Crippen LogP contribution in [0.15, 0.2) is 48.5 Å². The average molecular weight is 417 g/mol. The van der Waals surface area contributed by atoms with Crippen molar-refractivity contribution in [3.8, 4) is 0 Å². The van der Waals surface area contributed by atoms with Crippen LogP contribution in [0.4, 0.5) is 11.4 Å². The van der Waals surface area contributed by atoms with Crippen LogP contribution in [0.25, 0.3) is 10.8 Å². The van der Waals surface area contributed by atoms with Crippen molar-refractivity contribution in [1.82, 2.24) is 4.90 Å². The number of likely N-dealkylation sites (tertiary alicyclic amines) is 1. The number of amides is 1. The number of piperidine rings is 1. The monoisotopic (exact) mass is 416 g/mol. The molecule has 5 nitrogen and oxygen atoms in total. The van der Waals surface area contributed by atoms with E-state index in [9.17, 15) is 9.59 Å². The Bertz CT molecular complexity index is 1150. The molecule has 1 fully saturated rings. The molecule has 1 heterocycles. The van der Waals surface area contributed by atoms with Crippen LogP contribution >= 0.6 is 0 Å². The molecule has 0 saturated carbocycles. The predicted molar refractivity (Wildman–Crippen MR) is 124 cm³/mol. The molecular weight excluding hydrogens is 388 g/mol. The Morgan fingerprint density at radius 2 is 1.61 bits per heavy atom. The maximum atomic E-state index is 13.3. The number of esters is 1. The predicted octanol–water partition coefficient (Wildman–Crippen LogP) is 5.61. The molecule has 3 aromatic rings. The second-order valence-corrected chi connectivity index (χ2v) is 8.11. The lowest BCUT2D eigenvalue weighted by Crippen LogP contribution is -2.35. The average Bonchev–Trinajstić information content (AvgIpc) is 2.80. The van der Waals surface area contributed by atoms with Crippen LogP contribution < -0.4 is 5.32 Å². The smallest absolute Gasteiger partial charge is 0.338 e. The van der Waals surface area contributed by atoms with Gasteiger partial charge in [0.05, 0.1) is 12.7 Å². The number of carbonyl (C=O) groups excluding carboxylic acids is 2. The fourth-order valence-corrected chi connectivity index (χ4v) is 4.39. The van der Waals surface area contributed by atoms with E-state index >= 15 is 0 Å². The summed E-state index contributed by atoms with van der Waals surface area (Å²) < 4.78 is 4.90. The molecule has 1 aliphatic rings. The number of nitrogens with zero attached hydrogens (tertiary/aromatic N) is 1. The summed E-state index contributed by atoms with van der Waals surface area (Å²) >= 11 is 0. The van der Waals surface area contributed by atoms with Crippen molar-refractivity contribution in [3.05, 3.63) is 70.8 Å². The highest BCUT2D eigenvalue weighted by molar-refractivity contribution is 6.12. The van der Waals surface area contributed by atoms with Crippen molar-refractivity contribution in [2.75, 3.05) is 25.5 Å². The lowest BCUT2D eigenvalue weighted by atomic mass is 9.96. The number of benzene rings is 3.